The highest BCUT2D eigenvalue weighted by Gasteiger charge is 2.22. The summed E-state index contributed by atoms with van der Waals surface area (Å²) in [6.45, 7) is 4.39. The van der Waals surface area contributed by atoms with Crippen LogP contribution >= 0.6 is 0 Å². The average molecular weight is 511 g/mol. The molecule has 4 rings (SSSR count). The van der Waals surface area contributed by atoms with Crippen LogP contribution in [0.4, 0.5) is 27.7 Å². The monoisotopic (exact) mass is 510 g/mol. The third-order valence-electron chi connectivity index (χ3n) is 5.81. The number of halogens is 1. The fourth-order valence-corrected chi connectivity index (χ4v) is 3.90. The number of piperidine rings is 1. The second-order valence-corrected chi connectivity index (χ2v) is 8.57. The lowest BCUT2D eigenvalue weighted by Crippen LogP contribution is -2.38. The van der Waals surface area contributed by atoms with Crippen molar-refractivity contribution in [1.29, 1.82) is 0 Å². The van der Waals surface area contributed by atoms with Crippen molar-refractivity contribution in [3.8, 4) is 5.75 Å². The highest BCUT2D eigenvalue weighted by Crippen LogP contribution is 2.25. The van der Waals surface area contributed by atoms with E-state index in [-0.39, 0.29) is 29.3 Å². The van der Waals surface area contributed by atoms with E-state index in [0.717, 1.165) is 37.2 Å². The highest BCUT2D eigenvalue weighted by molar-refractivity contribution is 5.89. The Labute approximate surface area is 215 Å². The smallest absolute Gasteiger partial charge is 0.232 e. The van der Waals surface area contributed by atoms with Crippen LogP contribution in [-0.4, -0.2) is 60.4 Å². The van der Waals surface area contributed by atoms with Crippen molar-refractivity contribution in [2.24, 2.45) is 0 Å². The van der Waals surface area contributed by atoms with Crippen molar-refractivity contribution < 1.29 is 23.4 Å². The summed E-state index contributed by atoms with van der Waals surface area (Å²) < 4.78 is 31.4. The van der Waals surface area contributed by atoms with Gasteiger partial charge in [-0.05, 0) is 42.7 Å². The van der Waals surface area contributed by atoms with Gasteiger partial charge >= 0.3 is 0 Å². The van der Waals surface area contributed by atoms with Gasteiger partial charge in [-0.2, -0.15) is 4.98 Å². The van der Waals surface area contributed by atoms with Crippen molar-refractivity contribution in [2.45, 2.75) is 32.5 Å². The van der Waals surface area contributed by atoms with Crippen LogP contribution in [0.2, 0.25) is 0 Å². The van der Waals surface area contributed by atoms with E-state index in [0.29, 0.717) is 25.8 Å². The second-order valence-electron chi connectivity index (χ2n) is 8.57. The minimum absolute atomic E-state index is 0.0835. The third-order valence-corrected chi connectivity index (χ3v) is 5.81. The lowest BCUT2D eigenvalue weighted by atomic mass is 10.1. The van der Waals surface area contributed by atoms with Gasteiger partial charge in [-0.15, -0.1) is 0 Å². The molecule has 1 amide bonds. The summed E-state index contributed by atoms with van der Waals surface area (Å²) in [5.41, 5.74) is 1.33. The number of hydrogen-bond acceptors (Lipinski definition) is 9. The van der Waals surface area contributed by atoms with E-state index in [9.17, 15) is 9.18 Å². The number of carbonyl (C=O) groups is 1. The SMILES string of the molecule is COCCOc1ccc(COC2CCN(c3ncnc(Nc4cccc(NC(C)=O)c4F)n3)CC2)cc1. The third kappa shape index (κ3) is 7.58. The van der Waals surface area contributed by atoms with E-state index in [1.165, 1.54) is 19.3 Å². The number of nitrogens with zero attached hydrogens (tertiary/aromatic N) is 4. The summed E-state index contributed by atoms with van der Waals surface area (Å²) >= 11 is 0. The Bertz CT molecular complexity index is 1170. The van der Waals surface area contributed by atoms with Crippen molar-refractivity contribution in [3.63, 3.8) is 0 Å². The Balaban J connectivity index is 1.27. The zero-order chi connectivity index (χ0) is 26.0. The van der Waals surface area contributed by atoms with Crippen LogP contribution in [0, 0.1) is 5.82 Å². The molecular formula is C26H31FN6O4. The predicted octanol–water partition coefficient (Wildman–Crippen LogP) is 3.92. The molecule has 0 atom stereocenters. The molecule has 1 aliphatic rings. The number of amides is 1. The first-order valence-corrected chi connectivity index (χ1v) is 12.1. The van der Waals surface area contributed by atoms with E-state index in [1.807, 2.05) is 24.3 Å². The van der Waals surface area contributed by atoms with Crippen LogP contribution in [0.5, 0.6) is 5.75 Å². The molecule has 2 aromatic carbocycles. The van der Waals surface area contributed by atoms with Crippen LogP contribution in [0.3, 0.4) is 0 Å². The maximum atomic E-state index is 14.7. The quantitative estimate of drug-likeness (QED) is 0.371. The Kier molecular flexibility index (Phi) is 9.17. The molecule has 0 unspecified atom stereocenters. The Hall–Kier alpha value is -3.83. The molecule has 3 aromatic rings. The van der Waals surface area contributed by atoms with Crippen molar-refractivity contribution >= 4 is 29.2 Å². The summed E-state index contributed by atoms with van der Waals surface area (Å²) in [5, 5.41) is 5.34. The van der Waals surface area contributed by atoms with Gasteiger partial charge in [0, 0.05) is 27.1 Å². The van der Waals surface area contributed by atoms with Crippen LogP contribution in [-0.2, 0) is 20.9 Å². The van der Waals surface area contributed by atoms with E-state index in [4.69, 9.17) is 14.2 Å². The molecule has 2 heterocycles. The molecule has 0 radical (unpaired) electrons. The number of nitrogens with one attached hydrogen (secondary N) is 2. The number of hydrogen-bond donors (Lipinski definition) is 2. The number of anilines is 4. The normalized spacial score (nSPS) is 13.9. The fraction of sp³-hybridized carbons (Fsp3) is 0.385. The summed E-state index contributed by atoms with van der Waals surface area (Å²) in [7, 11) is 1.65. The minimum atomic E-state index is -0.592. The average Bonchev–Trinajstić information content (AvgIpc) is 2.91. The van der Waals surface area contributed by atoms with E-state index in [2.05, 4.69) is 30.5 Å². The molecule has 196 valence electrons. The lowest BCUT2D eigenvalue weighted by Gasteiger charge is -2.32. The van der Waals surface area contributed by atoms with Crippen LogP contribution in [0.1, 0.15) is 25.3 Å². The second kappa shape index (κ2) is 12.9. The first-order chi connectivity index (χ1) is 18.0. The molecule has 0 spiro atoms. The highest BCUT2D eigenvalue weighted by atomic mass is 19.1. The van der Waals surface area contributed by atoms with Gasteiger partial charge in [0.05, 0.1) is 30.7 Å². The summed E-state index contributed by atoms with van der Waals surface area (Å²) in [6, 6.07) is 12.6. The number of ether oxygens (including phenoxy) is 3. The van der Waals surface area contributed by atoms with E-state index < -0.39 is 5.82 Å². The van der Waals surface area contributed by atoms with Gasteiger partial charge in [0.1, 0.15) is 18.7 Å². The number of benzene rings is 2. The Morgan fingerprint density at radius 1 is 1.08 bits per heavy atom. The van der Waals surface area contributed by atoms with Gasteiger partial charge in [0.2, 0.25) is 17.8 Å². The van der Waals surface area contributed by atoms with Crippen LogP contribution < -0.4 is 20.3 Å². The maximum absolute atomic E-state index is 14.7. The summed E-state index contributed by atoms with van der Waals surface area (Å²) in [5.74, 6) is 0.594. The standard InChI is InChI=1S/C26H31FN6O4/c1-18(34)30-22-4-3-5-23(24(22)27)31-25-28-17-29-26(32-25)33-12-10-21(11-13-33)37-16-19-6-8-20(9-7-19)36-15-14-35-2/h3-9,17,21H,10-16H2,1-2H3,(H,30,34)(H,28,29,31,32). The van der Waals surface area contributed by atoms with E-state index in [1.54, 1.807) is 19.2 Å². The molecule has 10 nitrogen and oxygen atoms in total. The summed E-state index contributed by atoms with van der Waals surface area (Å²) in [6.07, 6.45) is 3.20. The molecule has 1 aromatic heterocycles. The van der Waals surface area contributed by atoms with Crippen LogP contribution in [0.25, 0.3) is 0 Å². The van der Waals surface area contributed by atoms with Gasteiger partial charge in [-0.3, -0.25) is 4.79 Å². The molecule has 37 heavy (non-hydrogen) atoms. The fourth-order valence-electron chi connectivity index (χ4n) is 3.90. The molecule has 0 aliphatic carbocycles. The summed E-state index contributed by atoms with van der Waals surface area (Å²) in [4.78, 5) is 26.2. The van der Waals surface area contributed by atoms with Gasteiger partial charge in [-0.1, -0.05) is 18.2 Å². The number of aromatic nitrogens is 3. The van der Waals surface area contributed by atoms with E-state index >= 15 is 0 Å². The number of carbonyl (C=O) groups excluding carboxylic acids is 1. The molecule has 1 aliphatic heterocycles. The van der Waals surface area contributed by atoms with Crippen molar-refractivity contribution in [2.75, 3.05) is 48.9 Å². The zero-order valence-corrected chi connectivity index (χ0v) is 20.9. The minimum Gasteiger partial charge on any atom is -0.491 e. The number of methoxy groups -OCH3 is 1. The first kappa shape index (κ1) is 26.2. The topological polar surface area (TPSA) is 111 Å². The number of rotatable bonds is 11. The molecular weight excluding hydrogens is 479 g/mol. The molecule has 1 fully saturated rings. The zero-order valence-electron chi connectivity index (χ0n) is 20.9. The predicted molar refractivity (Wildman–Crippen MR) is 138 cm³/mol. The lowest BCUT2D eigenvalue weighted by molar-refractivity contribution is -0.114. The Morgan fingerprint density at radius 3 is 2.57 bits per heavy atom. The molecule has 1 saturated heterocycles. The van der Waals surface area contributed by atoms with Gasteiger partial charge in [-0.25, -0.2) is 14.4 Å². The molecule has 11 heteroatoms. The van der Waals surface area contributed by atoms with Gasteiger partial charge < -0.3 is 29.7 Å². The first-order valence-electron chi connectivity index (χ1n) is 12.1. The van der Waals surface area contributed by atoms with Gasteiger partial charge in [0.15, 0.2) is 5.82 Å². The van der Waals surface area contributed by atoms with Crippen LogP contribution in [0.15, 0.2) is 48.8 Å². The largest absolute Gasteiger partial charge is 0.491 e. The maximum Gasteiger partial charge on any atom is 0.232 e. The van der Waals surface area contributed by atoms with Crippen molar-refractivity contribution in [1.82, 2.24) is 15.0 Å². The Morgan fingerprint density at radius 2 is 1.84 bits per heavy atom. The molecule has 2 N–H and O–H groups in total. The van der Waals surface area contributed by atoms with Gasteiger partial charge in [0.25, 0.3) is 0 Å². The van der Waals surface area contributed by atoms with Crippen molar-refractivity contribution in [3.05, 3.63) is 60.2 Å². The molecule has 0 bridgehead atoms. The molecule has 0 saturated carbocycles.